The van der Waals surface area contributed by atoms with E-state index in [0.29, 0.717) is 0 Å². The Morgan fingerprint density at radius 3 is 2.23 bits per heavy atom. The number of Topliss-reactive ketones (excluding diaryl/α,β-unsaturated/α-hetero) is 1. The van der Waals surface area contributed by atoms with E-state index in [4.69, 9.17) is 66.4 Å². The van der Waals surface area contributed by atoms with Gasteiger partial charge >= 0.3 is 12.1 Å². The monoisotopic (exact) mass is 1340 g/mol. The van der Waals surface area contributed by atoms with Crippen LogP contribution in [0.5, 0.6) is 11.5 Å². The van der Waals surface area contributed by atoms with Crippen LogP contribution in [0.4, 0.5) is 10.5 Å². The Morgan fingerprint density at radius 1 is 0.878 bits per heavy atom. The number of amides is 2. The third kappa shape index (κ3) is 17.5. The number of rotatable bonds is 25. The highest BCUT2D eigenvalue weighted by atomic mass is 33.5. The first-order valence-electron chi connectivity index (χ1n) is 28.6. The van der Waals surface area contributed by atoms with Crippen LogP contribution in [0.15, 0.2) is 59.5 Å². The van der Waals surface area contributed by atoms with E-state index in [0.717, 1.165) is 7.11 Å². The molecule has 18 unspecified atom stereocenters. The molecule has 1 aromatic carbocycles. The van der Waals surface area contributed by atoms with Crippen LogP contribution in [-0.2, 0) is 77.3 Å². The summed E-state index contributed by atoms with van der Waals surface area (Å²) in [4.78, 5) is 62.4. The fraction of sp³-hybridized carbons (Fsp3) is 0.627. The second kappa shape index (κ2) is 33.3. The van der Waals surface area contributed by atoms with Crippen molar-refractivity contribution in [3.63, 3.8) is 0 Å². The number of fused-ring (bicyclic) bond motifs is 2. The first-order valence-corrected chi connectivity index (χ1v) is 34.3. The summed E-state index contributed by atoms with van der Waals surface area (Å²) >= 11 is 0. The molecule has 2 amide bonds. The lowest BCUT2D eigenvalue weighted by molar-refractivity contribution is -0.336. The van der Waals surface area contributed by atoms with Gasteiger partial charge in [0, 0.05) is 78.5 Å². The Bertz CT molecular complexity index is 2980. The number of allylic oxidation sites excluding steroid dienone is 2. The quantitative estimate of drug-likeness (QED) is 0.0133. The van der Waals surface area contributed by atoms with Gasteiger partial charge in [0.1, 0.15) is 30.5 Å². The predicted octanol–water partition coefficient (Wildman–Crippen LogP) is 2.43. The molecule has 6 aliphatic rings. The van der Waals surface area contributed by atoms with Gasteiger partial charge in [-0.2, -0.15) is 5.48 Å². The number of nitrogens with one attached hydrogen (secondary N) is 4. The zero-order valence-electron chi connectivity index (χ0n) is 51.8. The maximum atomic E-state index is 15.6. The normalized spacial score (nSPS) is 34.2. The zero-order valence-corrected chi connectivity index (χ0v) is 55.0. The van der Waals surface area contributed by atoms with Crippen molar-refractivity contribution in [2.24, 2.45) is 0 Å². The zero-order chi connectivity index (χ0) is 65.7. The van der Waals surface area contributed by atoms with E-state index < -0.39 is 156 Å². The van der Waals surface area contributed by atoms with Gasteiger partial charge in [-0.1, -0.05) is 71.8 Å². The van der Waals surface area contributed by atoms with Crippen LogP contribution in [0, 0.1) is 23.7 Å². The topological polar surface area (TPSA) is 344 Å². The molecular weight excluding hydrogens is 1260 g/mol. The molecule has 8 N–H and O–H groups in total. The number of benzene rings is 1. The summed E-state index contributed by atoms with van der Waals surface area (Å²) in [5.41, 5.74) is -1.10. The van der Waals surface area contributed by atoms with E-state index in [1.54, 1.807) is 27.0 Å². The molecule has 2 bridgehead atoms. The molecule has 4 aliphatic heterocycles. The number of alkyl carbamates (subject to hydrolysis) is 1. The number of ether oxygens (including phenoxy) is 13. The van der Waals surface area contributed by atoms with E-state index in [2.05, 4.69) is 51.7 Å². The van der Waals surface area contributed by atoms with Crippen molar-refractivity contribution in [2.75, 3.05) is 65.7 Å². The molecule has 0 saturated carbocycles. The Balaban J connectivity index is 1.27. The minimum atomic E-state index is -2.68. The average Bonchev–Trinajstić information content (AvgIpc) is 0.766. The van der Waals surface area contributed by atoms with Crippen LogP contribution >= 0.6 is 31.4 Å². The van der Waals surface area contributed by atoms with E-state index in [-0.39, 0.29) is 76.9 Å². The molecule has 90 heavy (non-hydrogen) atoms. The molecule has 27 nitrogen and oxygen atoms in total. The SMILES string of the molecule is C=C(OC)C(=O)Nc1cc(OC)c(OC)cc1C(=O)OC1CC(OC2C(=O)C(NC(=O)OC)=C3/C(=C\CSSSC)[C@]2(O)C#CC=CC#C[C@@H]3OC2OC(C)C(NOC3CC(O)C(S(C)=O)C(C)O3)C(O)C2OC2CC(OC)C(NC(C)C)CO2)OC(C)C1O. The first-order chi connectivity index (χ1) is 42.9. The number of aliphatic hydroxyl groups is 4. The van der Waals surface area contributed by atoms with Crippen LogP contribution in [0.2, 0.25) is 0 Å². The van der Waals surface area contributed by atoms with Crippen LogP contribution < -0.4 is 30.9 Å². The summed E-state index contributed by atoms with van der Waals surface area (Å²) in [6.07, 6.45) is -13.4. The third-order valence-corrected chi connectivity index (χ3v) is 20.5. The van der Waals surface area contributed by atoms with Gasteiger partial charge in [-0.15, -0.1) is 0 Å². The molecule has 4 fully saturated rings. The third-order valence-electron chi connectivity index (χ3n) is 15.4. The summed E-state index contributed by atoms with van der Waals surface area (Å²) in [7, 11) is 9.27. The number of carbonyl (C=O) groups is 4. The lowest BCUT2D eigenvalue weighted by Gasteiger charge is -2.47. The molecule has 20 atom stereocenters. The largest absolute Gasteiger partial charge is 0.493 e. The second-order valence-corrected chi connectivity index (χ2v) is 27.6. The average molecular weight is 1340 g/mol. The summed E-state index contributed by atoms with van der Waals surface area (Å²) in [6.45, 7) is 12.4. The van der Waals surface area contributed by atoms with E-state index >= 15 is 4.79 Å². The summed E-state index contributed by atoms with van der Waals surface area (Å²) < 4.78 is 90.2. The maximum absolute atomic E-state index is 15.6. The van der Waals surface area contributed by atoms with Gasteiger partial charge < -0.3 is 92.6 Å². The fourth-order valence-corrected chi connectivity index (χ4v) is 14.5. The van der Waals surface area contributed by atoms with Crippen LogP contribution in [0.3, 0.4) is 0 Å². The number of esters is 1. The van der Waals surface area contributed by atoms with Crippen LogP contribution in [0.25, 0.3) is 0 Å². The van der Waals surface area contributed by atoms with Crippen LogP contribution in [-0.4, -0.2) is 230 Å². The van der Waals surface area contributed by atoms with Crippen LogP contribution in [0.1, 0.15) is 64.2 Å². The molecular formula is C59H80N4O23S4. The number of ketones is 1. The summed E-state index contributed by atoms with van der Waals surface area (Å²) in [6, 6.07) is 1.28. The molecule has 2 aliphatic carbocycles. The highest BCUT2D eigenvalue weighted by molar-refractivity contribution is 9.09. The number of carbonyl (C=O) groups excluding carboxylic acids is 4. The molecule has 4 saturated heterocycles. The highest BCUT2D eigenvalue weighted by Gasteiger charge is 2.57. The molecule has 498 valence electrons. The lowest BCUT2D eigenvalue weighted by Crippen LogP contribution is -2.65. The first kappa shape index (κ1) is 72.6. The molecule has 0 aromatic heterocycles. The highest BCUT2D eigenvalue weighted by Crippen LogP contribution is 2.44. The van der Waals surface area contributed by atoms with Crippen molar-refractivity contribution < 1.29 is 110 Å². The summed E-state index contributed by atoms with van der Waals surface area (Å²) in [5.74, 6) is 8.49. The lowest BCUT2D eigenvalue weighted by atomic mass is 9.73. The van der Waals surface area contributed by atoms with Gasteiger partial charge in [-0.05, 0) is 49.0 Å². The van der Waals surface area contributed by atoms with Crippen molar-refractivity contribution in [3.8, 4) is 35.2 Å². The van der Waals surface area contributed by atoms with Crippen molar-refractivity contribution in [1.82, 2.24) is 16.1 Å². The maximum Gasteiger partial charge on any atom is 0.411 e. The second-order valence-electron chi connectivity index (χ2n) is 21.7. The van der Waals surface area contributed by atoms with Gasteiger partial charge in [0.25, 0.3) is 5.91 Å². The molecule has 4 heterocycles. The van der Waals surface area contributed by atoms with Gasteiger partial charge in [0.05, 0.1) is 99.8 Å². The molecule has 7 rings (SSSR count). The van der Waals surface area contributed by atoms with E-state index in [9.17, 15) is 39.0 Å². The Kier molecular flexibility index (Phi) is 26.9. The molecule has 31 heteroatoms. The standard InChI is InChI=1S/C59H80N4O23S4/c1-28(2)60-36-27-78-43(25-39(36)74-8)84-52-50(66)47(63-86-45-24-37(64)53(90(13)72)31(5)80-45)29(3)81-57(52)83-38-18-16-14-15-17-20-59(71)34(19-21-88-89-87-12)46(38)48(62-58(70)77-11)51(67)54(59)85-44-26-42(49(65)30(4)79-44)82-56(69)33-22-40(75-9)41(76-10)23-35(33)61-55(68)32(6)73-7/h14-15,19,22-23,28-31,36-39,42-45,47,49-50,52-54,57,60,63-66,71H,6,21,24-27H2,1-5,7-13H3,(H,61,68)(H,62,70)/b15-14?,34-19+/t29?,30?,31?,36?,37?,38-,39?,42?,43?,44?,45?,47?,49?,50?,52?,53?,54?,57?,59+,90?/m0/s1. The number of anilines is 1. The molecule has 1 aromatic rings. The molecule has 0 radical (unpaired) electrons. The number of hydrogen-bond donors (Lipinski definition) is 8. The number of methoxy groups -OCH3 is 5. The Morgan fingerprint density at radius 2 is 1.58 bits per heavy atom. The van der Waals surface area contributed by atoms with Gasteiger partial charge in [0.2, 0.25) is 5.78 Å². The number of aliphatic hydroxyl groups excluding tert-OH is 3. The smallest absolute Gasteiger partial charge is 0.411 e. The fourth-order valence-electron chi connectivity index (χ4n) is 10.9. The molecule has 0 spiro atoms. The number of hydroxylamine groups is 1. The van der Waals surface area contributed by atoms with Gasteiger partial charge in [-0.25, -0.2) is 9.59 Å². The van der Waals surface area contributed by atoms with Crippen molar-refractivity contribution in [3.05, 3.63) is 65.1 Å². The minimum absolute atomic E-state index is 0.0618. The van der Waals surface area contributed by atoms with Crippen molar-refractivity contribution >= 4 is 71.7 Å². The Hall–Kier alpha value is -4.82. The summed E-state index contributed by atoms with van der Waals surface area (Å²) in [5, 5.41) is 56.3. The van der Waals surface area contributed by atoms with Crippen molar-refractivity contribution in [2.45, 2.75) is 175 Å². The minimum Gasteiger partial charge on any atom is -0.493 e. The predicted molar refractivity (Wildman–Crippen MR) is 330 cm³/mol. The van der Waals surface area contributed by atoms with Gasteiger partial charge in [-0.3, -0.25) is 24.0 Å². The van der Waals surface area contributed by atoms with Crippen molar-refractivity contribution in [1.29, 1.82) is 0 Å². The number of hydrogen-bond acceptors (Lipinski definition) is 28. The van der Waals surface area contributed by atoms with Gasteiger partial charge in [0.15, 0.2) is 54.1 Å². The van der Waals surface area contributed by atoms with E-state index in [1.807, 2.05) is 20.1 Å². The Labute approximate surface area is 536 Å². The van der Waals surface area contributed by atoms with E-state index in [1.165, 1.54) is 90.2 Å².